The zero-order valence-corrected chi connectivity index (χ0v) is 12.7. The molecule has 1 aromatic heterocycles. The van der Waals surface area contributed by atoms with E-state index in [-0.39, 0.29) is 11.1 Å². The molecule has 0 saturated carbocycles. The van der Waals surface area contributed by atoms with Crippen LogP contribution in [0.4, 0.5) is 10.1 Å². The van der Waals surface area contributed by atoms with Gasteiger partial charge in [0.1, 0.15) is 5.82 Å². The number of nitrogens with zero attached hydrogens (tertiary/aromatic N) is 1. The smallest absolute Gasteiger partial charge is 0.272 e. The Bertz CT molecular complexity index is 627. The highest BCUT2D eigenvalue weighted by Gasteiger charge is 2.21. The second-order valence-corrected chi connectivity index (χ2v) is 6.49. The molecule has 0 fully saturated rings. The van der Waals surface area contributed by atoms with Crippen LogP contribution in [0.1, 0.15) is 24.3 Å². The molecular formula is C15H17FN2O2S. The molecule has 21 heavy (non-hydrogen) atoms. The molecule has 1 heterocycles. The van der Waals surface area contributed by atoms with Crippen molar-refractivity contribution in [2.24, 2.45) is 0 Å². The number of non-ortho nitro benzene ring substituents is 1. The number of nitro groups is 1. The summed E-state index contributed by atoms with van der Waals surface area (Å²) in [6, 6.07) is 7.74. The van der Waals surface area contributed by atoms with E-state index in [1.54, 1.807) is 11.3 Å². The van der Waals surface area contributed by atoms with Crippen molar-refractivity contribution < 1.29 is 9.31 Å². The summed E-state index contributed by atoms with van der Waals surface area (Å²) in [7, 11) is 0. The molecular weight excluding hydrogens is 291 g/mol. The number of nitrogens with one attached hydrogen (secondary N) is 1. The largest absolute Gasteiger partial charge is 0.312 e. The first kappa shape index (κ1) is 15.6. The fraction of sp³-hybridized carbons (Fsp3) is 0.333. The molecule has 0 bridgehead atoms. The Morgan fingerprint density at radius 3 is 2.76 bits per heavy atom. The highest BCUT2D eigenvalue weighted by molar-refractivity contribution is 7.10. The molecule has 6 heteroatoms. The van der Waals surface area contributed by atoms with Gasteiger partial charge in [0, 0.05) is 29.4 Å². The van der Waals surface area contributed by atoms with Gasteiger partial charge in [0.2, 0.25) is 0 Å². The van der Waals surface area contributed by atoms with E-state index in [2.05, 4.69) is 25.2 Å². The molecule has 4 nitrogen and oxygen atoms in total. The molecule has 0 unspecified atom stereocenters. The minimum atomic E-state index is -0.585. The number of halogens is 1. The van der Waals surface area contributed by atoms with Gasteiger partial charge in [0.15, 0.2) is 0 Å². The van der Waals surface area contributed by atoms with Gasteiger partial charge in [-0.3, -0.25) is 10.1 Å². The van der Waals surface area contributed by atoms with E-state index in [4.69, 9.17) is 0 Å². The Morgan fingerprint density at radius 2 is 2.14 bits per heavy atom. The van der Waals surface area contributed by atoms with Gasteiger partial charge in [0.05, 0.1) is 11.0 Å². The predicted molar refractivity (Wildman–Crippen MR) is 82.1 cm³/mol. The van der Waals surface area contributed by atoms with Crippen LogP contribution in [0.3, 0.4) is 0 Å². The first-order valence-corrected chi connectivity index (χ1v) is 7.45. The fourth-order valence-corrected chi connectivity index (χ4v) is 2.96. The molecule has 0 saturated heterocycles. The minimum absolute atomic E-state index is 0.0343. The summed E-state index contributed by atoms with van der Waals surface area (Å²) in [5.74, 6) is -0.585. The number of nitro benzene ring substituents is 1. The van der Waals surface area contributed by atoms with Crippen molar-refractivity contribution in [2.75, 3.05) is 6.54 Å². The van der Waals surface area contributed by atoms with Gasteiger partial charge in [0.25, 0.3) is 5.69 Å². The zero-order chi connectivity index (χ0) is 15.5. The van der Waals surface area contributed by atoms with Crippen LogP contribution >= 0.6 is 11.3 Å². The van der Waals surface area contributed by atoms with Gasteiger partial charge in [-0.05, 0) is 23.1 Å². The third-order valence-corrected chi connectivity index (χ3v) is 4.47. The van der Waals surface area contributed by atoms with E-state index in [0.717, 1.165) is 6.07 Å². The van der Waals surface area contributed by atoms with E-state index in [1.165, 1.54) is 17.0 Å². The quantitative estimate of drug-likeness (QED) is 0.651. The SMILES string of the molecule is CC(C)(CNCc1cc(F)cc([N+](=O)[O-])c1)c1cccs1. The minimum Gasteiger partial charge on any atom is -0.312 e. The normalized spacial score (nSPS) is 11.6. The van der Waals surface area contributed by atoms with Crippen LogP contribution in [0.25, 0.3) is 0 Å². The Morgan fingerprint density at radius 1 is 1.38 bits per heavy atom. The van der Waals surface area contributed by atoms with Crippen molar-refractivity contribution >= 4 is 17.0 Å². The van der Waals surface area contributed by atoms with Gasteiger partial charge in [-0.1, -0.05) is 19.9 Å². The number of benzene rings is 1. The lowest BCUT2D eigenvalue weighted by molar-refractivity contribution is -0.385. The lowest BCUT2D eigenvalue weighted by Crippen LogP contribution is -2.31. The third-order valence-electron chi connectivity index (χ3n) is 3.24. The predicted octanol–water partition coefficient (Wildman–Crippen LogP) is 3.86. The lowest BCUT2D eigenvalue weighted by atomic mass is 9.91. The molecule has 0 radical (unpaired) electrons. The summed E-state index contributed by atoms with van der Waals surface area (Å²) in [5.41, 5.74) is 0.320. The van der Waals surface area contributed by atoms with Gasteiger partial charge in [-0.2, -0.15) is 0 Å². The highest BCUT2D eigenvalue weighted by Crippen LogP contribution is 2.26. The van der Waals surface area contributed by atoms with Crippen LogP contribution in [-0.4, -0.2) is 11.5 Å². The van der Waals surface area contributed by atoms with Gasteiger partial charge >= 0.3 is 0 Å². The van der Waals surface area contributed by atoms with Crippen molar-refractivity contribution in [1.29, 1.82) is 0 Å². The molecule has 112 valence electrons. The molecule has 2 rings (SSSR count). The topological polar surface area (TPSA) is 55.2 Å². The number of rotatable bonds is 6. The molecule has 1 N–H and O–H groups in total. The molecule has 0 aliphatic heterocycles. The Hall–Kier alpha value is -1.79. The van der Waals surface area contributed by atoms with Crippen LogP contribution in [0.15, 0.2) is 35.7 Å². The van der Waals surface area contributed by atoms with Gasteiger partial charge < -0.3 is 5.32 Å². The third kappa shape index (κ3) is 4.09. The first-order valence-electron chi connectivity index (χ1n) is 6.57. The van der Waals surface area contributed by atoms with Crippen LogP contribution in [0, 0.1) is 15.9 Å². The lowest BCUT2D eigenvalue weighted by Gasteiger charge is -2.23. The Labute approximate surface area is 126 Å². The van der Waals surface area contributed by atoms with Crippen molar-refractivity contribution in [3.05, 3.63) is 62.1 Å². The monoisotopic (exact) mass is 308 g/mol. The highest BCUT2D eigenvalue weighted by atomic mass is 32.1. The van der Waals surface area contributed by atoms with Crippen LogP contribution in [-0.2, 0) is 12.0 Å². The van der Waals surface area contributed by atoms with Gasteiger partial charge in [-0.15, -0.1) is 11.3 Å². The van der Waals surface area contributed by atoms with E-state index >= 15 is 0 Å². The molecule has 0 aliphatic carbocycles. The Kier molecular flexibility index (Phi) is 4.69. The van der Waals surface area contributed by atoms with Crippen molar-refractivity contribution in [3.8, 4) is 0 Å². The summed E-state index contributed by atoms with van der Waals surface area (Å²) in [6.45, 7) is 5.35. The fourth-order valence-electron chi connectivity index (χ4n) is 2.11. The van der Waals surface area contributed by atoms with Crippen molar-refractivity contribution in [2.45, 2.75) is 25.8 Å². The van der Waals surface area contributed by atoms with Crippen molar-refractivity contribution in [1.82, 2.24) is 5.32 Å². The van der Waals surface area contributed by atoms with E-state index in [0.29, 0.717) is 18.7 Å². The molecule has 1 aromatic carbocycles. The van der Waals surface area contributed by atoms with Crippen LogP contribution in [0.2, 0.25) is 0 Å². The van der Waals surface area contributed by atoms with Crippen molar-refractivity contribution in [3.63, 3.8) is 0 Å². The second kappa shape index (κ2) is 6.32. The maximum absolute atomic E-state index is 13.3. The average Bonchev–Trinajstić information content (AvgIpc) is 2.92. The second-order valence-electron chi connectivity index (χ2n) is 5.54. The number of thiophene rings is 1. The van der Waals surface area contributed by atoms with E-state index in [1.807, 2.05) is 11.4 Å². The van der Waals surface area contributed by atoms with Crippen LogP contribution in [0.5, 0.6) is 0 Å². The van der Waals surface area contributed by atoms with Gasteiger partial charge in [-0.25, -0.2) is 4.39 Å². The zero-order valence-electron chi connectivity index (χ0n) is 11.9. The summed E-state index contributed by atoms with van der Waals surface area (Å²) in [6.07, 6.45) is 0. The van der Waals surface area contributed by atoms with Crippen LogP contribution < -0.4 is 5.32 Å². The number of hydrogen-bond acceptors (Lipinski definition) is 4. The molecule has 0 atom stereocenters. The summed E-state index contributed by atoms with van der Waals surface area (Å²) in [5, 5.41) is 16.0. The molecule has 0 amide bonds. The maximum Gasteiger partial charge on any atom is 0.272 e. The van der Waals surface area contributed by atoms with E-state index < -0.39 is 10.7 Å². The standard InChI is InChI=1S/C15H17FN2O2S/c1-15(2,14-4-3-5-21-14)10-17-9-11-6-12(16)8-13(7-11)18(19)20/h3-8,17H,9-10H2,1-2H3. The molecule has 0 aliphatic rings. The first-order chi connectivity index (χ1) is 9.88. The molecule has 2 aromatic rings. The average molecular weight is 308 g/mol. The number of hydrogen-bond donors (Lipinski definition) is 1. The summed E-state index contributed by atoms with van der Waals surface area (Å²) in [4.78, 5) is 11.4. The Balaban J connectivity index is 1.99. The summed E-state index contributed by atoms with van der Waals surface area (Å²) < 4.78 is 13.3. The molecule has 0 spiro atoms. The maximum atomic E-state index is 13.3. The van der Waals surface area contributed by atoms with E-state index in [9.17, 15) is 14.5 Å². The summed E-state index contributed by atoms with van der Waals surface area (Å²) >= 11 is 1.70.